The molecule has 1 N–H and O–H groups in total. The summed E-state index contributed by atoms with van der Waals surface area (Å²) in [5, 5.41) is 2.73. The van der Waals surface area contributed by atoms with Gasteiger partial charge in [0.25, 0.3) is 5.91 Å². The van der Waals surface area contributed by atoms with Gasteiger partial charge in [-0.1, -0.05) is 12.1 Å². The fraction of sp³-hybridized carbons (Fsp3) is 0.364. The van der Waals surface area contributed by atoms with Crippen LogP contribution in [0, 0.1) is 6.92 Å². The highest BCUT2D eigenvalue weighted by Crippen LogP contribution is 2.26. The van der Waals surface area contributed by atoms with Crippen LogP contribution in [-0.2, 0) is 14.6 Å². The third kappa shape index (κ3) is 4.34. The smallest absolute Gasteiger partial charge is 0.251 e. The number of carbonyl (C=O) groups excluding carboxylic acids is 2. The predicted molar refractivity (Wildman–Crippen MR) is 113 cm³/mol. The molecule has 0 aromatic heterocycles. The highest BCUT2D eigenvalue weighted by molar-refractivity contribution is 7.92. The normalized spacial score (nSPS) is 14.9. The molecule has 1 aliphatic rings. The van der Waals surface area contributed by atoms with Crippen LogP contribution >= 0.6 is 0 Å². The molecule has 0 spiro atoms. The number of nitrogens with one attached hydrogen (secondary N) is 1. The number of rotatable bonds is 6. The van der Waals surface area contributed by atoms with Crippen molar-refractivity contribution in [2.75, 3.05) is 18.0 Å². The lowest BCUT2D eigenvalue weighted by atomic mass is 10.1. The van der Waals surface area contributed by atoms with Crippen molar-refractivity contribution < 1.29 is 18.0 Å². The zero-order chi connectivity index (χ0) is 21.2. The molecule has 2 aromatic carbocycles. The van der Waals surface area contributed by atoms with Crippen LogP contribution in [0.1, 0.15) is 42.6 Å². The number of hydrogen-bond donors (Lipinski definition) is 1. The lowest BCUT2D eigenvalue weighted by Gasteiger charge is -2.25. The molecule has 2 amide bonds. The Bertz CT molecular complexity index is 1030. The van der Waals surface area contributed by atoms with Crippen molar-refractivity contribution in [2.45, 2.75) is 43.3 Å². The minimum Gasteiger partial charge on any atom is -0.350 e. The molecule has 0 saturated carbocycles. The molecule has 2 aromatic rings. The number of aryl methyl sites for hydroxylation is 1. The van der Waals surface area contributed by atoms with Crippen molar-refractivity contribution in [2.24, 2.45) is 0 Å². The summed E-state index contributed by atoms with van der Waals surface area (Å²) < 4.78 is 24.8. The molecule has 3 rings (SSSR count). The van der Waals surface area contributed by atoms with Gasteiger partial charge in [-0.2, -0.15) is 0 Å². The van der Waals surface area contributed by atoms with Crippen molar-refractivity contribution in [1.82, 2.24) is 5.32 Å². The Morgan fingerprint density at radius 1 is 1.14 bits per heavy atom. The SMILES string of the molecule is Cc1cccc(S(=O)(=O)C(C)(C)CNC(=O)c2ccc(N3CCCC3=O)cc2)c1. The second-order valence-corrected chi connectivity index (χ2v) is 10.5. The Labute approximate surface area is 171 Å². The molecule has 1 fully saturated rings. The highest BCUT2D eigenvalue weighted by Gasteiger charge is 2.36. The van der Waals surface area contributed by atoms with Crippen LogP contribution in [0.3, 0.4) is 0 Å². The van der Waals surface area contributed by atoms with E-state index in [9.17, 15) is 18.0 Å². The minimum absolute atomic E-state index is 0.0194. The van der Waals surface area contributed by atoms with Crippen LogP contribution < -0.4 is 10.2 Å². The average Bonchev–Trinajstić information content (AvgIpc) is 3.12. The standard InChI is InChI=1S/C22H26N2O4S/c1-16-6-4-7-19(14-16)29(27,28)22(2,3)15-23-21(26)17-9-11-18(12-10-17)24-13-5-8-20(24)25/h4,6-7,9-12,14H,5,8,13,15H2,1-3H3,(H,23,26). The van der Waals surface area contributed by atoms with Gasteiger partial charge in [0.2, 0.25) is 5.91 Å². The lowest BCUT2D eigenvalue weighted by molar-refractivity contribution is -0.117. The molecular weight excluding hydrogens is 388 g/mol. The third-order valence-corrected chi connectivity index (χ3v) is 7.69. The number of benzene rings is 2. The average molecular weight is 415 g/mol. The first-order valence-electron chi connectivity index (χ1n) is 9.62. The van der Waals surface area contributed by atoms with Gasteiger partial charge in [-0.05, 0) is 69.2 Å². The van der Waals surface area contributed by atoms with Gasteiger partial charge >= 0.3 is 0 Å². The van der Waals surface area contributed by atoms with E-state index in [1.807, 2.05) is 13.0 Å². The van der Waals surface area contributed by atoms with E-state index in [1.165, 1.54) is 0 Å². The predicted octanol–water partition coefficient (Wildman–Crippen LogP) is 3.10. The van der Waals surface area contributed by atoms with Crippen molar-refractivity contribution in [3.63, 3.8) is 0 Å². The van der Waals surface area contributed by atoms with E-state index >= 15 is 0 Å². The Hall–Kier alpha value is -2.67. The molecule has 0 radical (unpaired) electrons. The molecule has 0 aliphatic carbocycles. The van der Waals surface area contributed by atoms with Gasteiger partial charge < -0.3 is 10.2 Å². The molecule has 6 nitrogen and oxygen atoms in total. The van der Waals surface area contributed by atoms with Crippen molar-refractivity contribution in [3.8, 4) is 0 Å². The van der Waals surface area contributed by atoms with Crippen LogP contribution in [0.15, 0.2) is 53.4 Å². The molecule has 7 heteroatoms. The molecule has 0 bridgehead atoms. The fourth-order valence-electron chi connectivity index (χ4n) is 3.31. The molecule has 0 atom stereocenters. The Morgan fingerprint density at radius 2 is 1.83 bits per heavy atom. The summed E-state index contributed by atoms with van der Waals surface area (Å²) in [5.41, 5.74) is 2.05. The van der Waals surface area contributed by atoms with Crippen LogP contribution in [0.4, 0.5) is 5.69 Å². The molecule has 1 aliphatic heterocycles. The topological polar surface area (TPSA) is 83.6 Å². The fourth-order valence-corrected chi connectivity index (χ4v) is 4.80. The van der Waals surface area contributed by atoms with Crippen molar-refractivity contribution in [3.05, 3.63) is 59.7 Å². The number of amides is 2. The largest absolute Gasteiger partial charge is 0.350 e. The Morgan fingerprint density at radius 3 is 2.41 bits per heavy atom. The second-order valence-electron chi connectivity index (χ2n) is 7.96. The van der Waals surface area contributed by atoms with Gasteiger partial charge in [-0.3, -0.25) is 9.59 Å². The van der Waals surface area contributed by atoms with E-state index in [1.54, 1.807) is 61.2 Å². The number of hydrogen-bond acceptors (Lipinski definition) is 4. The zero-order valence-corrected chi connectivity index (χ0v) is 17.8. The minimum atomic E-state index is -3.62. The molecule has 29 heavy (non-hydrogen) atoms. The van der Waals surface area contributed by atoms with Gasteiger partial charge in [0.15, 0.2) is 9.84 Å². The van der Waals surface area contributed by atoms with E-state index < -0.39 is 14.6 Å². The van der Waals surface area contributed by atoms with E-state index in [0.717, 1.165) is 17.7 Å². The summed E-state index contributed by atoms with van der Waals surface area (Å²) in [5.74, 6) is -0.262. The number of anilines is 1. The van der Waals surface area contributed by atoms with Crippen LogP contribution in [-0.4, -0.2) is 38.1 Å². The first-order chi connectivity index (χ1) is 13.6. The van der Waals surface area contributed by atoms with E-state index in [-0.39, 0.29) is 23.3 Å². The maximum atomic E-state index is 13.0. The summed E-state index contributed by atoms with van der Waals surface area (Å²) in [4.78, 5) is 26.3. The van der Waals surface area contributed by atoms with Gasteiger partial charge in [-0.25, -0.2) is 8.42 Å². The van der Waals surface area contributed by atoms with Crippen LogP contribution in [0.25, 0.3) is 0 Å². The molecule has 0 unspecified atom stereocenters. The lowest BCUT2D eigenvalue weighted by Crippen LogP contribution is -2.44. The highest BCUT2D eigenvalue weighted by atomic mass is 32.2. The quantitative estimate of drug-likeness (QED) is 0.787. The third-order valence-electron chi connectivity index (χ3n) is 5.22. The van der Waals surface area contributed by atoms with Gasteiger partial charge in [0, 0.05) is 30.8 Å². The van der Waals surface area contributed by atoms with Crippen molar-refractivity contribution in [1.29, 1.82) is 0 Å². The maximum absolute atomic E-state index is 13.0. The Balaban J connectivity index is 1.68. The summed E-state index contributed by atoms with van der Waals surface area (Å²) >= 11 is 0. The van der Waals surface area contributed by atoms with E-state index in [4.69, 9.17) is 0 Å². The van der Waals surface area contributed by atoms with Gasteiger partial charge in [0.1, 0.15) is 0 Å². The molecule has 154 valence electrons. The zero-order valence-electron chi connectivity index (χ0n) is 16.9. The number of carbonyl (C=O) groups is 2. The maximum Gasteiger partial charge on any atom is 0.251 e. The summed E-state index contributed by atoms with van der Waals surface area (Å²) in [6.45, 7) is 5.72. The van der Waals surface area contributed by atoms with Gasteiger partial charge in [-0.15, -0.1) is 0 Å². The van der Waals surface area contributed by atoms with Gasteiger partial charge in [0.05, 0.1) is 9.64 Å². The number of sulfone groups is 1. The summed E-state index contributed by atoms with van der Waals surface area (Å²) in [7, 11) is -3.62. The first kappa shape index (κ1) is 21.0. The van der Waals surface area contributed by atoms with Crippen LogP contribution in [0.2, 0.25) is 0 Å². The van der Waals surface area contributed by atoms with E-state index in [2.05, 4.69) is 5.32 Å². The summed E-state index contributed by atoms with van der Waals surface area (Å²) in [6.07, 6.45) is 1.39. The monoisotopic (exact) mass is 414 g/mol. The van der Waals surface area contributed by atoms with E-state index in [0.29, 0.717) is 18.5 Å². The summed E-state index contributed by atoms with van der Waals surface area (Å²) in [6, 6.07) is 13.6. The first-order valence-corrected chi connectivity index (χ1v) is 11.1. The second kappa shape index (κ2) is 7.99. The molecule has 1 saturated heterocycles. The Kier molecular flexibility index (Phi) is 5.80. The molecular formula is C22H26N2O4S. The van der Waals surface area contributed by atoms with Crippen molar-refractivity contribution >= 4 is 27.3 Å². The van der Waals surface area contributed by atoms with Crippen LogP contribution in [0.5, 0.6) is 0 Å². The molecule has 1 heterocycles. The number of nitrogens with zero attached hydrogens (tertiary/aromatic N) is 1.